The van der Waals surface area contributed by atoms with Gasteiger partial charge in [-0.25, -0.2) is 9.18 Å². The summed E-state index contributed by atoms with van der Waals surface area (Å²) in [6, 6.07) is 6.10. The van der Waals surface area contributed by atoms with E-state index < -0.39 is 11.6 Å². The van der Waals surface area contributed by atoms with Crippen molar-refractivity contribution in [1.29, 1.82) is 0 Å². The number of nitrogens with one attached hydrogen (secondary N) is 1. The van der Waals surface area contributed by atoms with Crippen molar-refractivity contribution in [3.05, 3.63) is 41.5 Å². The Kier molecular flexibility index (Phi) is 5.17. The molecule has 1 aromatic heterocycles. The molecule has 1 fully saturated rings. The highest BCUT2D eigenvalue weighted by atomic mass is 19.1. The molecule has 1 aromatic carbocycles. The van der Waals surface area contributed by atoms with Gasteiger partial charge in [0.05, 0.1) is 0 Å². The minimum absolute atomic E-state index is 0.322. The number of carbonyl (C=O) groups is 1. The second-order valence-corrected chi connectivity index (χ2v) is 7.20. The summed E-state index contributed by atoms with van der Waals surface area (Å²) in [5.74, 6) is 0.0812. The predicted molar refractivity (Wildman–Crippen MR) is 91.8 cm³/mol. The largest absolute Gasteiger partial charge is 0.444 e. The number of benzene rings is 1. The van der Waals surface area contributed by atoms with Crippen LogP contribution in [-0.2, 0) is 4.74 Å². The van der Waals surface area contributed by atoms with Crippen LogP contribution >= 0.6 is 0 Å². The van der Waals surface area contributed by atoms with Gasteiger partial charge in [-0.05, 0) is 26.8 Å². The molecular weight excluding hydrogens is 339 g/mol. The smallest absolute Gasteiger partial charge is 0.410 e. The third kappa shape index (κ3) is 4.16. The molecule has 9 heteroatoms. The van der Waals surface area contributed by atoms with Crippen LogP contribution in [0.15, 0.2) is 24.3 Å². The molecule has 1 aliphatic rings. The van der Waals surface area contributed by atoms with E-state index in [2.05, 4.69) is 20.6 Å². The highest BCUT2D eigenvalue weighted by Crippen LogP contribution is 2.29. The Morgan fingerprint density at radius 1 is 1.23 bits per heavy atom. The Labute approximate surface area is 151 Å². The van der Waals surface area contributed by atoms with Gasteiger partial charge in [0, 0.05) is 31.7 Å². The van der Waals surface area contributed by atoms with Crippen LogP contribution in [-0.4, -0.2) is 68.3 Å². The molecule has 3 rings (SSSR count). The maximum atomic E-state index is 14.4. The van der Waals surface area contributed by atoms with Crippen LogP contribution in [0.4, 0.5) is 9.18 Å². The summed E-state index contributed by atoms with van der Waals surface area (Å²) in [6.07, 6.45) is -0.334. The minimum Gasteiger partial charge on any atom is -0.444 e. The van der Waals surface area contributed by atoms with Crippen molar-refractivity contribution in [3.8, 4) is 0 Å². The van der Waals surface area contributed by atoms with Crippen molar-refractivity contribution in [3.63, 3.8) is 0 Å². The summed E-state index contributed by atoms with van der Waals surface area (Å²) in [4.78, 5) is 15.9. The van der Waals surface area contributed by atoms with Crippen molar-refractivity contribution < 1.29 is 13.9 Å². The number of rotatable bonds is 3. The number of halogens is 1. The van der Waals surface area contributed by atoms with E-state index in [9.17, 15) is 9.18 Å². The first-order chi connectivity index (χ1) is 12.3. The highest BCUT2D eigenvalue weighted by molar-refractivity contribution is 5.68. The maximum Gasteiger partial charge on any atom is 0.410 e. The first-order valence-electron chi connectivity index (χ1n) is 8.55. The van der Waals surface area contributed by atoms with Crippen molar-refractivity contribution in [2.24, 2.45) is 0 Å². The number of hydrogen-bond donors (Lipinski definition) is 1. The van der Waals surface area contributed by atoms with Gasteiger partial charge in [-0.1, -0.05) is 23.4 Å². The Bertz CT molecular complexity index is 738. The zero-order valence-corrected chi connectivity index (χ0v) is 15.1. The van der Waals surface area contributed by atoms with E-state index in [1.807, 2.05) is 25.7 Å². The summed E-state index contributed by atoms with van der Waals surface area (Å²) >= 11 is 0. The molecule has 0 spiro atoms. The fourth-order valence-electron chi connectivity index (χ4n) is 2.97. The molecule has 0 aliphatic carbocycles. The standard InChI is InChI=1S/C17H23FN6O2/c1-17(2,3)26-16(25)24-10-8-23(9-11-24)14(15-19-21-22-20-15)12-6-4-5-7-13(12)18/h4-7,14H,8-11H2,1-3H3,(H,19,20,21,22). The van der Waals surface area contributed by atoms with Crippen LogP contribution in [0.3, 0.4) is 0 Å². The lowest BCUT2D eigenvalue weighted by atomic mass is 10.0. The average Bonchev–Trinajstić information content (AvgIpc) is 3.10. The Morgan fingerprint density at radius 3 is 2.50 bits per heavy atom. The third-order valence-corrected chi connectivity index (χ3v) is 4.14. The van der Waals surface area contributed by atoms with Gasteiger partial charge in [0.2, 0.25) is 0 Å². The lowest BCUT2D eigenvalue weighted by Gasteiger charge is -2.38. The van der Waals surface area contributed by atoms with Gasteiger partial charge < -0.3 is 9.64 Å². The second kappa shape index (κ2) is 7.36. The summed E-state index contributed by atoms with van der Waals surface area (Å²) < 4.78 is 19.8. The van der Waals surface area contributed by atoms with Crippen LogP contribution in [0.5, 0.6) is 0 Å². The summed E-state index contributed by atoms with van der Waals surface area (Å²) in [6.45, 7) is 7.58. The van der Waals surface area contributed by atoms with Crippen LogP contribution in [0.1, 0.15) is 38.2 Å². The van der Waals surface area contributed by atoms with Crippen molar-refractivity contribution in [2.75, 3.05) is 26.2 Å². The van der Waals surface area contributed by atoms with Crippen LogP contribution < -0.4 is 0 Å². The Morgan fingerprint density at radius 2 is 1.92 bits per heavy atom. The van der Waals surface area contributed by atoms with E-state index in [0.29, 0.717) is 37.6 Å². The molecule has 1 N–H and O–H groups in total. The second-order valence-electron chi connectivity index (χ2n) is 7.20. The number of piperazine rings is 1. The lowest BCUT2D eigenvalue weighted by Crippen LogP contribution is -2.51. The average molecular weight is 362 g/mol. The monoisotopic (exact) mass is 362 g/mol. The number of aromatic amines is 1. The maximum absolute atomic E-state index is 14.4. The molecular formula is C17H23FN6O2. The van der Waals surface area contributed by atoms with Crippen LogP contribution in [0, 0.1) is 5.82 Å². The fraction of sp³-hybridized carbons (Fsp3) is 0.529. The molecule has 2 aromatic rings. The molecule has 0 bridgehead atoms. The molecule has 1 saturated heterocycles. The van der Waals surface area contributed by atoms with Gasteiger partial charge in [-0.3, -0.25) is 4.90 Å². The SMILES string of the molecule is CC(C)(C)OC(=O)N1CCN(C(c2nn[nH]n2)c2ccccc2F)CC1. The number of aromatic nitrogens is 4. The zero-order valence-electron chi connectivity index (χ0n) is 15.1. The van der Waals surface area contributed by atoms with Crippen LogP contribution in [0.25, 0.3) is 0 Å². The van der Waals surface area contributed by atoms with E-state index in [4.69, 9.17) is 4.74 Å². The van der Waals surface area contributed by atoms with E-state index in [0.717, 1.165) is 0 Å². The summed E-state index contributed by atoms with van der Waals surface area (Å²) in [7, 11) is 0. The Hall–Kier alpha value is -2.55. The number of nitrogens with zero attached hydrogens (tertiary/aromatic N) is 5. The minimum atomic E-state index is -0.533. The molecule has 0 saturated carbocycles. The highest BCUT2D eigenvalue weighted by Gasteiger charge is 2.33. The summed E-state index contributed by atoms with van der Waals surface area (Å²) in [5.41, 5.74) is -0.0474. The van der Waals surface area contributed by atoms with Gasteiger partial charge in [0.15, 0.2) is 5.82 Å². The lowest BCUT2D eigenvalue weighted by molar-refractivity contribution is 0.0115. The van der Waals surface area contributed by atoms with E-state index >= 15 is 0 Å². The van der Waals surface area contributed by atoms with Gasteiger partial charge >= 0.3 is 6.09 Å². The summed E-state index contributed by atoms with van der Waals surface area (Å²) in [5, 5.41) is 14.1. The molecule has 1 amide bonds. The number of tetrazole rings is 1. The predicted octanol–water partition coefficient (Wildman–Crippen LogP) is 1.98. The van der Waals surface area contributed by atoms with Crippen molar-refractivity contribution >= 4 is 6.09 Å². The molecule has 2 heterocycles. The Balaban J connectivity index is 1.75. The van der Waals surface area contributed by atoms with E-state index in [1.165, 1.54) is 6.07 Å². The van der Waals surface area contributed by atoms with Crippen molar-refractivity contribution in [2.45, 2.75) is 32.4 Å². The topological polar surface area (TPSA) is 87.2 Å². The quantitative estimate of drug-likeness (QED) is 0.898. The van der Waals surface area contributed by atoms with Gasteiger partial charge in [-0.2, -0.15) is 5.21 Å². The molecule has 0 radical (unpaired) electrons. The third-order valence-electron chi connectivity index (χ3n) is 4.14. The number of H-pyrrole nitrogens is 1. The molecule has 1 unspecified atom stereocenters. The molecule has 8 nitrogen and oxygen atoms in total. The number of amides is 1. The first-order valence-corrected chi connectivity index (χ1v) is 8.55. The first kappa shape index (κ1) is 18.2. The fourth-order valence-corrected chi connectivity index (χ4v) is 2.97. The molecule has 140 valence electrons. The van der Waals surface area contributed by atoms with Crippen LogP contribution in [0.2, 0.25) is 0 Å². The molecule has 1 aliphatic heterocycles. The van der Waals surface area contributed by atoms with Gasteiger partial charge in [0.25, 0.3) is 0 Å². The van der Waals surface area contributed by atoms with E-state index in [1.54, 1.807) is 23.1 Å². The normalized spacial score (nSPS) is 17.2. The zero-order chi connectivity index (χ0) is 18.7. The molecule has 26 heavy (non-hydrogen) atoms. The number of carbonyl (C=O) groups excluding carboxylic acids is 1. The van der Waals surface area contributed by atoms with Gasteiger partial charge in [-0.15, -0.1) is 10.2 Å². The molecule has 1 atom stereocenters. The number of hydrogen-bond acceptors (Lipinski definition) is 6. The van der Waals surface area contributed by atoms with Gasteiger partial charge in [0.1, 0.15) is 17.5 Å². The number of ether oxygens (including phenoxy) is 1. The van der Waals surface area contributed by atoms with Crippen molar-refractivity contribution in [1.82, 2.24) is 30.4 Å². The van der Waals surface area contributed by atoms with E-state index in [-0.39, 0.29) is 11.9 Å².